The van der Waals surface area contributed by atoms with Crippen LogP contribution in [-0.4, -0.2) is 28.9 Å². The number of rotatable bonds is 1. The number of aromatic nitrogens is 6. The average Bonchev–Trinajstić information content (AvgIpc) is 2.88. The van der Waals surface area contributed by atoms with E-state index in [1.165, 1.54) is 41.7 Å². The molecule has 0 aliphatic rings. The molecule has 0 radical (unpaired) electrons. The van der Waals surface area contributed by atoms with E-state index in [2.05, 4.69) is 15.2 Å². The zero-order valence-corrected chi connectivity index (χ0v) is 10.7. The summed E-state index contributed by atoms with van der Waals surface area (Å²) >= 11 is 0. The third-order valence-electron chi connectivity index (χ3n) is 3.06. The van der Waals surface area contributed by atoms with Crippen LogP contribution >= 0.6 is 0 Å². The zero-order chi connectivity index (χ0) is 14.4. The van der Waals surface area contributed by atoms with Crippen LogP contribution in [0, 0.1) is 0 Å². The number of hydrogen-bond acceptors (Lipinski definition) is 5. The lowest BCUT2D eigenvalue weighted by molar-refractivity contribution is 0.707. The lowest BCUT2D eigenvalue weighted by Crippen LogP contribution is -2.37. The Morgan fingerprint density at radius 3 is 2.50 bits per heavy atom. The van der Waals surface area contributed by atoms with Crippen molar-refractivity contribution in [3.63, 3.8) is 0 Å². The van der Waals surface area contributed by atoms with E-state index in [1.54, 1.807) is 0 Å². The zero-order valence-electron chi connectivity index (χ0n) is 10.7. The molecular formula is C11H10N6O3. The van der Waals surface area contributed by atoms with Gasteiger partial charge in [0.2, 0.25) is 0 Å². The molecule has 0 fully saturated rings. The fraction of sp³-hybridized carbons (Fsp3) is 0.182. The van der Waals surface area contributed by atoms with Gasteiger partial charge in [-0.05, 0) is 6.07 Å². The number of fused-ring (bicyclic) bond motifs is 1. The Kier molecular flexibility index (Phi) is 2.43. The van der Waals surface area contributed by atoms with Gasteiger partial charge in [-0.1, -0.05) is 0 Å². The van der Waals surface area contributed by atoms with Crippen molar-refractivity contribution in [2.75, 3.05) is 0 Å². The molecule has 20 heavy (non-hydrogen) atoms. The summed E-state index contributed by atoms with van der Waals surface area (Å²) in [6.07, 6.45) is 1.38. The van der Waals surface area contributed by atoms with E-state index in [0.29, 0.717) is 5.82 Å². The van der Waals surface area contributed by atoms with E-state index in [0.717, 1.165) is 4.57 Å². The minimum Gasteiger partial charge on any atom is -0.279 e. The fourth-order valence-corrected chi connectivity index (χ4v) is 1.99. The predicted octanol–water partition coefficient (Wildman–Crippen LogP) is -1.49. The summed E-state index contributed by atoms with van der Waals surface area (Å²) in [7, 11) is 2.92. The van der Waals surface area contributed by atoms with Crippen LogP contribution in [0.1, 0.15) is 0 Å². The quantitative estimate of drug-likeness (QED) is 0.581. The van der Waals surface area contributed by atoms with E-state index in [9.17, 15) is 14.4 Å². The van der Waals surface area contributed by atoms with Gasteiger partial charge in [0.1, 0.15) is 6.33 Å². The first-order valence-corrected chi connectivity index (χ1v) is 5.70. The molecule has 0 bridgehead atoms. The fourth-order valence-electron chi connectivity index (χ4n) is 1.99. The SMILES string of the molecule is Cn1c(=O)c2c(ncn2-c2ccc(=O)[nH]n2)n(C)c1=O. The highest BCUT2D eigenvalue weighted by molar-refractivity contribution is 5.72. The van der Waals surface area contributed by atoms with Gasteiger partial charge in [0.05, 0.1) is 0 Å². The Bertz CT molecular complexity index is 970. The first kappa shape index (κ1) is 12.1. The van der Waals surface area contributed by atoms with Crippen molar-refractivity contribution in [2.45, 2.75) is 0 Å². The molecular weight excluding hydrogens is 264 g/mol. The number of H-pyrrole nitrogens is 1. The molecule has 9 nitrogen and oxygen atoms in total. The summed E-state index contributed by atoms with van der Waals surface area (Å²) in [4.78, 5) is 39.1. The smallest absolute Gasteiger partial charge is 0.279 e. The Balaban J connectivity index is 2.46. The lowest BCUT2D eigenvalue weighted by Gasteiger charge is -2.05. The van der Waals surface area contributed by atoms with Crippen molar-refractivity contribution in [1.82, 2.24) is 28.9 Å². The van der Waals surface area contributed by atoms with Crippen LogP contribution in [0.5, 0.6) is 0 Å². The molecule has 0 aliphatic heterocycles. The average molecular weight is 274 g/mol. The van der Waals surface area contributed by atoms with Crippen molar-refractivity contribution in [3.8, 4) is 5.82 Å². The van der Waals surface area contributed by atoms with Crippen LogP contribution < -0.4 is 16.8 Å². The first-order valence-electron chi connectivity index (χ1n) is 5.70. The Hall–Kier alpha value is -2.97. The number of hydrogen-bond donors (Lipinski definition) is 1. The maximum absolute atomic E-state index is 12.2. The molecule has 3 heterocycles. The van der Waals surface area contributed by atoms with E-state index in [4.69, 9.17) is 0 Å². The molecule has 0 saturated heterocycles. The van der Waals surface area contributed by atoms with Gasteiger partial charge < -0.3 is 0 Å². The molecule has 3 aromatic rings. The van der Waals surface area contributed by atoms with E-state index in [1.807, 2.05) is 0 Å². The summed E-state index contributed by atoms with van der Waals surface area (Å²) < 4.78 is 3.69. The predicted molar refractivity (Wildman–Crippen MR) is 70.0 cm³/mol. The van der Waals surface area contributed by atoms with Gasteiger partial charge >= 0.3 is 5.69 Å². The maximum Gasteiger partial charge on any atom is 0.332 e. The van der Waals surface area contributed by atoms with E-state index in [-0.39, 0.29) is 16.7 Å². The molecule has 0 aliphatic carbocycles. The number of nitrogens with one attached hydrogen (secondary N) is 1. The highest BCUT2D eigenvalue weighted by Gasteiger charge is 2.15. The minimum absolute atomic E-state index is 0.217. The molecule has 9 heteroatoms. The molecule has 3 rings (SSSR count). The molecule has 0 amide bonds. The number of imidazole rings is 1. The van der Waals surface area contributed by atoms with Crippen LogP contribution in [0.3, 0.4) is 0 Å². The summed E-state index contributed by atoms with van der Waals surface area (Å²) in [6.45, 7) is 0. The van der Waals surface area contributed by atoms with Crippen molar-refractivity contribution in [1.29, 1.82) is 0 Å². The number of aromatic amines is 1. The Morgan fingerprint density at radius 2 is 1.85 bits per heavy atom. The molecule has 0 atom stereocenters. The van der Waals surface area contributed by atoms with E-state index >= 15 is 0 Å². The highest BCUT2D eigenvalue weighted by atomic mass is 16.2. The van der Waals surface area contributed by atoms with Crippen LogP contribution in [-0.2, 0) is 14.1 Å². The summed E-state index contributed by atoms with van der Waals surface area (Å²) in [5.41, 5.74) is -0.811. The summed E-state index contributed by atoms with van der Waals surface area (Å²) in [6, 6.07) is 2.76. The second-order valence-electron chi connectivity index (χ2n) is 4.27. The molecule has 0 unspecified atom stereocenters. The molecule has 0 saturated carbocycles. The Labute approximate surface area is 110 Å². The Morgan fingerprint density at radius 1 is 1.10 bits per heavy atom. The van der Waals surface area contributed by atoms with Crippen molar-refractivity contribution in [3.05, 3.63) is 49.7 Å². The highest BCUT2D eigenvalue weighted by Crippen LogP contribution is 2.10. The van der Waals surface area contributed by atoms with Crippen LogP contribution in [0.2, 0.25) is 0 Å². The van der Waals surface area contributed by atoms with Gasteiger partial charge in [0, 0.05) is 20.2 Å². The number of aryl methyl sites for hydroxylation is 1. The molecule has 1 N–H and O–H groups in total. The maximum atomic E-state index is 12.2. The van der Waals surface area contributed by atoms with Crippen molar-refractivity contribution < 1.29 is 0 Å². The monoisotopic (exact) mass is 274 g/mol. The summed E-state index contributed by atoms with van der Waals surface area (Å²) in [5.74, 6) is 0.336. The molecule has 102 valence electrons. The van der Waals surface area contributed by atoms with Crippen LogP contribution in [0.15, 0.2) is 32.8 Å². The third kappa shape index (κ3) is 1.53. The van der Waals surface area contributed by atoms with Crippen LogP contribution in [0.4, 0.5) is 0 Å². The van der Waals surface area contributed by atoms with Gasteiger partial charge in [0.15, 0.2) is 17.0 Å². The molecule has 0 aromatic carbocycles. The second-order valence-corrected chi connectivity index (χ2v) is 4.27. The van der Waals surface area contributed by atoms with Crippen molar-refractivity contribution >= 4 is 11.2 Å². The van der Waals surface area contributed by atoms with Gasteiger partial charge in [-0.25, -0.2) is 14.9 Å². The van der Waals surface area contributed by atoms with Gasteiger partial charge in [-0.15, -0.1) is 0 Å². The minimum atomic E-state index is -0.478. The van der Waals surface area contributed by atoms with Gasteiger partial charge in [0.25, 0.3) is 11.1 Å². The van der Waals surface area contributed by atoms with Gasteiger partial charge in [-0.3, -0.25) is 23.3 Å². The lowest BCUT2D eigenvalue weighted by atomic mass is 10.4. The van der Waals surface area contributed by atoms with Gasteiger partial charge in [-0.2, -0.15) is 5.10 Å². The molecule has 3 aromatic heterocycles. The largest absolute Gasteiger partial charge is 0.332 e. The third-order valence-corrected chi connectivity index (χ3v) is 3.06. The second kappa shape index (κ2) is 4.02. The standard InChI is InChI=1S/C11H10N6O3/c1-15-9-8(10(19)16(2)11(15)20)17(5-12-9)6-3-4-7(18)14-13-6/h3-5H,1-2H3,(H,14,18). The number of nitrogens with zero attached hydrogens (tertiary/aromatic N) is 5. The molecule has 0 spiro atoms. The topological polar surface area (TPSA) is 108 Å². The normalized spacial score (nSPS) is 11.1. The summed E-state index contributed by atoms with van der Waals surface area (Å²) in [5, 5.41) is 6.13. The van der Waals surface area contributed by atoms with Crippen LogP contribution in [0.25, 0.3) is 17.0 Å². The van der Waals surface area contributed by atoms with E-state index < -0.39 is 11.2 Å². The first-order chi connectivity index (χ1) is 9.50. The van der Waals surface area contributed by atoms with Crippen molar-refractivity contribution in [2.24, 2.45) is 14.1 Å².